The number of halogens is 1. The molecule has 0 bridgehead atoms. The molecule has 0 aromatic heterocycles. The molecule has 0 fully saturated rings. The third kappa shape index (κ3) is 2.92. The number of phenolic OH excluding ortho intramolecular Hbond substituents is 1. The maximum atomic E-state index is 12.8. The first kappa shape index (κ1) is 13.5. The van der Waals surface area contributed by atoms with Crippen LogP contribution in [0.15, 0.2) is 42.5 Å². The second kappa shape index (κ2) is 5.40. The van der Waals surface area contributed by atoms with Crippen molar-refractivity contribution in [2.75, 3.05) is 5.32 Å². The molecule has 2 rings (SSSR count). The van der Waals surface area contributed by atoms with Crippen LogP contribution in [-0.4, -0.2) is 16.9 Å². The van der Waals surface area contributed by atoms with Crippen molar-refractivity contribution in [3.8, 4) is 5.75 Å². The molecular weight excluding hydrogens is 263 g/mol. The molecular formula is C14H11FN2O3. The van der Waals surface area contributed by atoms with Gasteiger partial charge in [-0.3, -0.25) is 9.59 Å². The van der Waals surface area contributed by atoms with Gasteiger partial charge in [0.05, 0.1) is 5.56 Å². The summed E-state index contributed by atoms with van der Waals surface area (Å²) < 4.78 is 12.8. The fourth-order valence-electron chi connectivity index (χ4n) is 1.61. The van der Waals surface area contributed by atoms with Gasteiger partial charge in [0.25, 0.3) is 5.91 Å². The zero-order valence-electron chi connectivity index (χ0n) is 10.3. The molecule has 0 atom stereocenters. The molecule has 0 aliphatic rings. The molecule has 0 unspecified atom stereocenters. The number of anilines is 1. The molecule has 102 valence electrons. The topological polar surface area (TPSA) is 92.4 Å². The average molecular weight is 274 g/mol. The maximum absolute atomic E-state index is 12.8. The van der Waals surface area contributed by atoms with Crippen LogP contribution in [0.3, 0.4) is 0 Å². The number of carbonyl (C=O) groups is 2. The van der Waals surface area contributed by atoms with Crippen molar-refractivity contribution in [3.63, 3.8) is 0 Å². The number of amides is 2. The number of hydrogen-bond acceptors (Lipinski definition) is 3. The van der Waals surface area contributed by atoms with Crippen LogP contribution < -0.4 is 11.1 Å². The van der Waals surface area contributed by atoms with Gasteiger partial charge in [-0.15, -0.1) is 0 Å². The van der Waals surface area contributed by atoms with Crippen LogP contribution in [0, 0.1) is 5.82 Å². The first-order valence-corrected chi connectivity index (χ1v) is 5.67. The van der Waals surface area contributed by atoms with E-state index in [4.69, 9.17) is 5.73 Å². The van der Waals surface area contributed by atoms with E-state index in [1.54, 1.807) is 0 Å². The quantitative estimate of drug-likeness (QED) is 0.797. The van der Waals surface area contributed by atoms with E-state index in [0.717, 1.165) is 12.1 Å². The molecule has 2 aromatic rings. The summed E-state index contributed by atoms with van der Waals surface area (Å²) in [5, 5.41) is 12.0. The molecule has 0 heterocycles. The Kier molecular flexibility index (Phi) is 3.65. The molecule has 0 aliphatic heterocycles. The van der Waals surface area contributed by atoms with Gasteiger partial charge in [0.15, 0.2) is 0 Å². The van der Waals surface area contributed by atoms with Gasteiger partial charge in [-0.05, 0) is 36.4 Å². The molecule has 2 aromatic carbocycles. The largest absolute Gasteiger partial charge is 0.507 e. The SMILES string of the molecule is NC(=O)c1ccc(NC(=O)c2ccc(F)cc2O)cc1. The molecule has 0 saturated carbocycles. The van der Waals surface area contributed by atoms with Crippen molar-refractivity contribution in [1.82, 2.24) is 0 Å². The average Bonchev–Trinajstić information content (AvgIpc) is 2.39. The molecule has 0 saturated heterocycles. The fraction of sp³-hybridized carbons (Fsp3) is 0. The first-order valence-electron chi connectivity index (χ1n) is 5.67. The second-order valence-electron chi connectivity index (χ2n) is 4.06. The lowest BCUT2D eigenvalue weighted by atomic mass is 10.1. The van der Waals surface area contributed by atoms with Gasteiger partial charge in [0.1, 0.15) is 11.6 Å². The molecule has 6 heteroatoms. The van der Waals surface area contributed by atoms with Gasteiger partial charge in [-0.2, -0.15) is 0 Å². The highest BCUT2D eigenvalue weighted by atomic mass is 19.1. The second-order valence-corrected chi connectivity index (χ2v) is 4.06. The lowest BCUT2D eigenvalue weighted by Crippen LogP contribution is -2.13. The van der Waals surface area contributed by atoms with E-state index in [9.17, 15) is 19.1 Å². The van der Waals surface area contributed by atoms with Crippen molar-refractivity contribution in [1.29, 1.82) is 0 Å². The lowest BCUT2D eigenvalue weighted by molar-refractivity contribution is 0.0998. The molecule has 0 aliphatic carbocycles. The Hall–Kier alpha value is -2.89. The van der Waals surface area contributed by atoms with Crippen LogP contribution in [0.1, 0.15) is 20.7 Å². The van der Waals surface area contributed by atoms with E-state index in [2.05, 4.69) is 5.32 Å². The van der Waals surface area contributed by atoms with Gasteiger partial charge < -0.3 is 16.2 Å². The minimum Gasteiger partial charge on any atom is -0.507 e. The van der Waals surface area contributed by atoms with Crippen LogP contribution in [0.25, 0.3) is 0 Å². The zero-order chi connectivity index (χ0) is 14.7. The highest BCUT2D eigenvalue weighted by molar-refractivity contribution is 6.06. The van der Waals surface area contributed by atoms with Gasteiger partial charge >= 0.3 is 0 Å². The number of nitrogens with one attached hydrogen (secondary N) is 1. The van der Waals surface area contributed by atoms with Crippen molar-refractivity contribution in [2.45, 2.75) is 0 Å². The summed E-state index contributed by atoms with van der Waals surface area (Å²) in [5.74, 6) is -2.24. The number of aromatic hydroxyl groups is 1. The third-order valence-corrected chi connectivity index (χ3v) is 2.63. The van der Waals surface area contributed by atoms with Crippen LogP contribution >= 0.6 is 0 Å². The van der Waals surface area contributed by atoms with E-state index >= 15 is 0 Å². The predicted molar refractivity (Wildman–Crippen MR) is 71.0 cm³/mol. The number of carbonyl (C=O) groups excluding carboxylic acids is 2. The van der Waals surface area contributed by atoms with Crippen molar-refractivity contribution < 1.29 is 19.1 Å². The third-order valence-electron chi connectivity index (χ3n) is 2.63. The van der Waals surface area contributed by atoms with E-state index in [0.29, 0.717) is 11.3 Å². The molecule has 2 amide bonds. The Morgan fingerprint density at radius 1 is 1.10 bits per heavy atom. The van der Waals surface area contributed by atoms with E-state index < -0.39 is 23.4 Å². The number of nitrogens with two attached hydrogens (primary N) is 1. The normalized spacial score (nSPS) is 10.1. The fourth-order valence-corrected chi connectivity index (χ4v) is 1.61. The number of phenols is 1. The van der Waals surface area contributed by atoms with Crippen molar-refractivity contribution >= 4 is 17.5 Å². The summed E-state index contributed by atoms with van der Waals surface area (Å²) in [5.41, 5.74) is 5.78. The molecule has 0 spiro atoms. The van der Waals surface area contributed by atoms with E-state index in [-0.39, 0.29) is 5.56 Å². The molecule has 5 nitrogen and oxygen atoms in total. The number of benzene rings is 2. The minimum absolute atomic E-state index is 0.0506. The summed E-state index contributed by atoms with van der Waals surface area (Å²) >= 11 is 0. The molecule has 20 heavy (non-hydrogen) atoms. The Morgan fingerprint density at radius 2 is 1.75 bits per heavy atom. The summed E-state index contributed by atoms with van der Waals surface area (Å²) in [6, 6.07) is 9.02. The van der Waals surface area contributed by atoms with Crippen molar-refractivity contribution in [2.24, 2.45) is 5.73 Å². The van der Waals surface area contributed by atoms with Crippen LogP contribution in [-0.2, 0) is 0 Å². The number of primary amides is 1. The monoisotopic (exact) mass is 274 g/mol. The van der Waals surface area contributed by atoms with Gasteiger partial charge in [0.2, 0.25) is 5.91 Å². The highest BCUT2D eigenvalue weighted by Gasteiger charge is 2.12. The Balaban J connectivity index is 2.17. The van der Waals surface area contributed by atoms with Gasteiger partial charge in [-0.1, -0.05) is 0 Å². The number of rotatable bonds is 3. The standard InChI is InChI=1S/C14H11FN2O3/c15-9-3-6-11(12(18)7-9)14(20)17-10-4-1-8(2-5-10)13(16)19/h1-7,18H,(H2,16,19)(H,17,20). The smallest absolute Gasteiger partial charge is 0.259 e. The lowest BCUT2D eigenvalue weighted by Gasteiger charge is -2.07. The minimum atomic E-state index is -0.634. The van der Waals surface area contributed by atoms with Gasteiger partial charge in [0, 0.05) is 17.3 Å². The van der Waals surface area contributed by atoms with Crippen LogP contribution in [0.2, 0.25) is 0 Å². The van der Waals surface area contributed by atoms with Crippen molar-refractivity contribution in [3.05, 3.63) is 59.4 Å². The maximum Gasteiger partial charge on any atom is 0.259 e. The van der Waals surface area contributed by atoms with E-state index in [1.807, 2.05) is 0 Å². The summed E-state index contributed by atoms with van der Waals surface area (Å²) in [7, 11) is 0. The summed E-state index contributed by atoms with van der Waals surface area (Å²) in [4.78, 5) is 22.8. The molecule has 4 N–H and O–H groups in total. The zero-order valence-corrected chi connectivity index (χ0v) is 10.3. The Morgan fingerprint density at radius 3 is 2.30 bits per heavy atom. The number of hydrogen-bond donors (Lipinski definition) is 3. The summed E-state index contributed by atoms with van der Waals surface area (Å²) in [6.07, 6.45) is 0. The van der Waals surface area contributed by atoms with Gasteiger partial charge in [-0.25, -0.2) is 4.39 Å². The van der Waals surface area contributed by atoms with E-state index in [1.165, 1.54) is 30.3 Å². The van der Waals surface area contributed by atoms with Crippen LogP contribution in [0.4, 0.5) is 10.1 Å². The highest BCUT2D eigenvalue weighted by Crippen LogP contribution is 2.19. The predicted octanol–water partition coefficient (Wildman–Crippen LogP) is 1.88. The summed E-state index contributed by atoms with van der Waals surface area (Å²) in [6.45, 7) is 0. The Bertz CT molecular complexity index is 669. The Labute approximate surface area is 113 Å². The molecule has 0 radical (unpaired) electrons. The van der Waals surface area contributed by atoms with Crippen LogP contribution in [0.5, 0.6) is 5.75 Å². The first-order chi connectivity index (χ1) is 9.47.